The quantitative estimate of drug-likeness (QED) is 0.815. The topological polar surface area (TPSA) is 69.6 Å². The second-order valence-corrected chi connectivity index (χ2v) is 5.07. The molecular formula is C16H20N2O3. The summed E-state index contributed by atoms with van der Waals surface area (Å²) in [7, 11) is 0. The molecule has 1 aliphatic heterocycles. The van der Waals surface area contributed by atoms with Crippen LogP contribution in [0.25, 0.3) is 0 Å². The van der Waals surface area contributed by atoms with Crippen LogP contribution in [0.5, 0.6) is 0 Å². The number of carbonyl (C=O) groups is 2. The van der Waals surface area contributed by atoms with Crippen molar-refractivity contribution in [2.45, 2.75) is 25.3 Å². The zero-order valence-electron chi connectivity index (χ0n) is 11.9. The summed E-state index contributed by atoms with van der Waals surface area (Å²) >= 11 is 0. The molecular weight excluding hydrogens is 268 g/mol. The number of aryl methyl sites for hydroxylation is 1. The third kappa shape index (κ3) is 4.63. The fourth-order valence-corrected chi connectivity index (χ4v) is 2.28. The lowest BCUT2D eigenvalue weighted by Crippen LogP contribution is -2.49. The van der Waals surface area contributed by atoms with E-state index in [2.05, 4.69) is 5.32 Å². The van der Waals surface area contributed by atoms with Crippen molar-refractivity contribution in [2.24, 2.45) is 0 Å². The van der Waals surface area contributed by atoms with E-state index in [9.17, 15) is 14.7 Å². The van der Waals surface area contributed by atoms with Crippen molar-refractivity contribution < 1.29 is 14.7 Å². The van der Waals surface area contributed by atoms with Gasteiger partial charge in [-0.25, -0.2) is 9.59 Å². The largest absolute Gasteiger partial charge is 0.480 e. The lowest BCUT2D eigenvalue weighted by Gasteiger charge is -2.25. The van der Waals surface area contributed by atoms with Gasteiger partial charge in [0.1, 0.15) is 6.04 Å². The predicted molar refractivity (Wildman–Crippen MR) is 80.0 cm³/mol. The molecule has 2 amide bonds. The Morgan fingerprint density at radius 3 is 2.62 bits per heavy atom. The van der Waals surface area contributed by atoms with Gasteiger partial charge in [-0.05, 0) is 24.8 Å². The molecule has 21 heavy (non-hydrogen) atoms. The summed E-state index contributed by atoms with van der Waals surface area (Å²) < 4.78 is 0. The Morgan fingerprint density at radius 2 is 2.00 bits per heavy atom. The zero-order chi connectivity index (χ0) is 15.1. The minimum atomic E-state index is -0.994. The Morgan fingerprint density at radius 1 is 1.24 bits per heavy atom. The maximum atomic E-state index is 12.0. The lowest BCUT2D eigenvalue weighted by atomic mass is 10.1. The van der Waals surface area contributed by atoms with Gasteiger partial charge in [-0.2, -0.15) is 0 Å². The van der Waals surface area contributed by atoms with Gasteiger partial charge in [-0.15, -0.1) is 0 Å². The smallest absolute Gasteiger partial charge is 0.326 e. The molecule has 0 saturated heterocycles. The summed E-state index contributed by atoms with van der Waals surface area (Å²) in [5, 5.41) is 11.9. The van der Waals surface area contributed by atoms with Crippen molar-refractivity contribution in [3.05, 3.63) is 48.0 Å². The van der Waals surface area contributed by atoms with E-state index in [1.54, 1.807) is 4.90 Å². The summed E-state index contributed by atoms with van der Waals surface area (Å²) in [5.74, 6) is -0.994. The number of hydrogen-bond donors (Lipinski definition) is 2. The van der Waals surface area contributed by atoms with Crippen LogP contribution in [-0.2, 0) is 11.2 Å². The highest BCUT2D eigenvalue weighted by atomic mass is 16.4. The van der Waals surface area contributed by atoms with E-state index in [0.717, 1.165) is 12.0 Å². The Balaban J connectivity index is 1.88. The van der Waals surface area contributed by atoms with Crippen molar-refractivity contribution >= 4 is 12.0 Å². The number of urea groups is 1. The van der Waals surface area contributed by atoms with Crippen molar-refractivity contribution in [3.8, 4) is 0 Å². The Labute approximate surface area is 124 Å². The van der Waals surface area contributed by atoms with Crippen LogP contribution in [-0.4, -0.2) is 41.1 Å². The minimum Gasteiger partial charge on any atom is -0.480 e. The highest BCUT2D eigenvalue weighted by Gasteiger charge is 2.22. The molecule has 0 spiro atoms. The highest BCUT2D eigenvalue weighted by Crippen LogP contribution is 2.07. The molecule has 112 valence electrons. The average molecular weight is 288 g/mol. The van der Waals surface area contributed by atoms with Crippen LogP contribution in [0.4, 0.5) is 4.79 Å². The van der Waals surface area contributed by atoms with Crippen LogP contribution in [0.15, 0.2) is 42.5 Å². The molecule has 1 aromatic carbocycles. The normalized spacial score (nSPS) is 15.5. The highest BCUT2D eigenvalue weighted by molar-refractivity contribution is 5.82. The summed E-state index contributed by atoms with van der Waals surface area (Å²) in [4.78, 5) is 25.0. The van der Waals surface area contributed by atoms with Gasteiger partial charge < -0.3 is 15.3 Å². The van der Waals surface area contributed by atoms with Crippen molar-refractivity contribution in [3.63, 3.8) is 0 Å². The first-order valence-electron chi connectivity index (χ1n) is 7.14. The number of rotatable bonds is 5. The fourth-order valence-electron chi connectivity index (χ4n) is 2.28. The molecule has 1 atom stereocenters. The van der Waals surface area contributed by atoms with Gasteiger partial charge in [0.2, 0.25) is 0 Å². The van der Waals surface area contributed by atoms with E-state index in [1.165, 1.54) is 0 Å². The second-order valence-electron chi connectivity index (χ2n) is 5.07. The molecule has 1 aliphatic rings. The number of nitrogens with one attached hydrogen (secondary N) is 1. The van der Waals surface area contributed by atoms with Gasteiger partial charge in [-0.1, -0.05) is 42.5 Å². The fraction of sp³-hybridized carbons (Fsp3) is 0.375. The van der Waals surface area contributed by atoms with Crippen molar-refractivity contribution in [1.82, 2.24) is 10.2 Å². The summed E-state index contributed by atoms with van der Waals surface area (Å²) in [6.07, 6.45) is 5.76. The molecule has 5 heteroatoms. The minimum absolute atomic E-state index is 0.306. The summed E-state index contributed by atoms with van der Waals surface area (Å²) in [6.45, 7) is 1.17. The average Bonchev–Trinajstić information content (AvgIpc) is 2.52. The van der Waals surface area contributed by atoms with Gasteiger partial charge in [0.25, 0.3) is 0 Å². The van der Waals surface area contributed by atoms with E-state index in [-0.39, 0.29) is 6.03 Å². The first-order chi connectivity index (χ1) is 10.2. The van der Waals surface area contributed by atoms with Crippen molar-refractivity contribution in [1.29, 1.82) is 0 Å². The molecule has 0 aliphatic carbocycles. The molecule has 1 unspecified atom stereocenters. The zero-order valence-corrected chi connectivity index (χ0v) is 11.9. The van der Waals surface area contributed by atoms with E-state index in [4.69, 9.17) is 0 Å². The van der Waals surface area contributed by atoms with E-state index in [1.807, 2.05) is 42.5 Å². The first-order valence-corrected chi connectivity index (χ1v) is 7.14. The van der Waals surface area contributed by atoms with Gasteiger partial charge >= 0.3 is 12.0 Å². The molecule has 5 nitrogen and oxygen atoms in total. The number of nitrogens with zero attached hydrogens (tertiary/aromatic N) is 1. The van der Waals surface area contributed by atoms with Crippen LogP contribution in [0.1, 0.15) is 18.4 Å². The standard InChI is InChI=1S/C16H20N2O3/c19-15(20)14(10-9-13-7-3-1-4-8-13)17-16(21)18-11-5-2-6-12-18/h1-5,7-8,14H,6,9-12H2,(H,17,21)(H,19,20). The number of carboxylic acids is 1. The predicted octanol–water partition coefficient (Wildman–Crippen LogP) is 2.04. The molecule has 0 bridgehead atoms. The second kappa shape index (κ2) is 7.47. The maximum Gasteiger partial charge on any atom is 0.326 e. The number of aliphatic carboxylic acids is 1. The molecule has 0 saturated carbocycles. The molecule has 2 rings (SSSR count). The van der Waals surface area contributed by atoms with Crippen molar-refractivity contribution in [2.75, 3.05) is 13.1 Å². The van der Waals surface area contributed by atoms with Crippen LogP contribution < -0.4 is 5.32 Å². The molecule has 1 aromatic rings. The third-order valence-electron chi connectivity index (χ3n) is 3.51. The maximum absolute atomic E-state index is 12.0. The molecule has 0 aromatic heterocycles. The molecule has 0 fully saturated rings. The Hall–Kier alpha value is -2.30. The van der Waals surface area contributed by atoms with Gasteiger partial charge in [-0.3, -0.25) is 0 Å². The van der Waals surface area contributed by atoms with E-state index < -0.39 is 12.0 Å². The van der Waals surface area contributed by atoms with Crippen LogP contribution in [0.3, 0.4) is 0 Å². The Kier molecular flexibility index (Phi) is 5.37. The molecule has 2 N–H and O–H groups in total. The molecule has 1 heterocycles. The van der Waals surface area contributed by atoms with Crippen LogP contribution in [0, 0.1) is 0 Å². The van der Waals surface area contributed by atoms with Gasteiger partial charge in [0, 0.05) is 13.1 Å². The molecule has 0 radical (unpaired) electrons. The third-order valence-corrected chi connectivity index (χ3v) is 3.51. The van der Waals surface area contributed by atoms with Gasteiger partial charge in [0.15, 0.2) is 0 Å². The summed E-state index contributed by atoms with van der Waals surface area (Å²) in [5.41, 5.74) is 1.07. The lowest BCUT2D eigenvalue weighted by molar-refractivity contribution is -0.139. The van der Waals surface area contributed by atoms with Gasteiger partial charge in [0.05, 0.1) is 0 Å². The van der Waals surface area contributed by atoms with Crippen LogP contribution in [0.2, 0.25) is 0 Å². The number of benzene rings is 1. The van der Waals surface area contributed by atoms with Crippen LogP contribution >= 0.6 is 0 Å². The number of carbonyl (C=O) groups excluding carboxylic acids is 1. The number of carboxylic acid groups (broad SMARTS) is 1. The monoisotopic (exact) mass is 288 g/mol. The first kappa shape index (κ1) is 15.1. The SMILES string of the molecule is O=C(O)C(CCc1ccccc1)NC(=O)N1CC=CCC1. The Bertz CT molecular complexity index is 514. The van der Waals surface area contributed by atoms with E-state index >= 15 is 0 Å². The van der Waals surface area contributed by atoms with E-state index in [0.29, 0.717) is 25.9 Å². The summed E-state index contributed by atoms with van der Waals surface area (Å²) in [6, 6.07) is 8.51. The number of amides is 2. The number of hydrogen-bond acceptors (Lipinski definition) is 2.